The molecule has 6 heteroatoms. The Labute approximate surface area is 148 Å². The van der Waals surface area contributed by atoms with Gasteiger partial charge in [0.1, 0.15) is 0 Å². The Morgan fingerprint density at radius 2 is 1.76 bits per heavy atom. The van der Waals surface area contributed by atoms with Gasteiger partial charge < -0.3 is 9.90 Å². The maximum atomic E-state index is 12.6. The molecule has 0 aliphatic carbocycles. The number of carbonyl (C=O) groups is 1. The van der Waals surface area contributed by atoms with Crippen molar-refractivity contribution in [2.24, 2.45) is 0 Å². The first-order valence-corrected chi connectivity index (χ1v) is 9.72. The summed E-state index contributed by atoms with van der Waals surface area (Å²) in [5.74, 6) is -0.883. The Morgan fingerprint density at radius 3 is 2.36 bits per heavy atom. The Bertz CT molecular complexity index is 829. The van der Waals surface area contributed by atoms with Crippen LogP contribution in [0.2, 0.25) is 0 Å². The van der Waals surface area contributed by atoms with Gasteiger partial charge in [-0.1, -0.05) is 44.2 Å². The van der Waals surface area contributed by atoms with Crippen molar-refractivity contribution in [2.75, 3.05) is 4.72 Å². The predicted octanol–water partition coefficient (Wildman–Crippen LogP) is 2.68. The fourth-order valence-electron chi connectivity index (χ4n) is 2.52. The third-order valence-corrected chi connectivity index (χ3v) is 5.58. The van der Waals surface area contributed by atoms with Crippen LogP contribution in [0.5, 0.6) is 0 Å². The minimum absolute atomic E-state index is 0.0906. The van der Waals surface area contributed by atoms with E-state index in [1.807, 2.05) is 12.1 Å². The van der Waals surface area contributed by atoms with E-state index in [0.717, 1.165) is 17.5 Å². The summed E-state index contributed by atoms with van der Waals surface area (Å²) in [6.07, 6.45) is 1.13. The number of hydrogen-bond acceptors (Lipinski definition) is 4. The number of anilines is 1. The van der Waals surface area contributed by atoms with Crippen LogP contribution < -0.4 is 9.83 Å². The SMILES string of the molecule is CC[C@@H](C)c1ccccc1NS(=O)(=O)c1ccc(CCC(=O)[O-])cc1. The molecular weight excluding hydrogens is 338 g/mol. The van der Waals surface area contributed by atoms with Gasteiger partial charge in [0.2, 0.25) is 0 Å². The van der Waals surface area contributed by atoms with Gasteiger partial charge in [-0.15, -0.1) is 0 Å². The van der Waals surface area contributed by atoms with Crippen LogP contribution in [0, 0.1) is 0 Å². The monoisotopic (exact) mass is 360 g/mol. The summed E-state index contributed by atoms with van der Waals surface area (Å²) in [5.41, 5.74) is 2.29. The summed E-state index contributed by atoms with van der Waals surface area (Å²) in [6.45, 7) is 4.11. The van der Waals surface area contributed by atoms with Crippen LogP contribution in [0.15, 0.2) is 53.4 Å². The molecular formula is C19H22NO4S-. The fraction of sp³-hybridized carbons (Fsp3) is 0.316. The first kappa shape index (κ1) is 19.0. The molecule has 134 valence electrons. The average molecular weight is 360 g/mol. The summed E-state index contributed by atoms with van der Waals surface area (Å²) >= 11 is 0. The van der Waals surface area contributed by atoms with E-state index in [0.29, 0.717) is 12.1 Å². The van der Waals surface area contributed by atoms with Crippen LogP contribution in [-0.4, -0.2) is 14.4 Å². The van der Waals surface area contributed by atoms with E-state index in [1.54, 1.807) is 24.3 Å². The van der Waals surface area contributed by atoms with Gasteiger partial charge in [0.25, 0.3) is 10.0 Å². The number of hydrogen-bond donors (Lipinski definition) is 1. The molecule has 2 aromatic carbocycles. The van der Waals surface area contributed by atoms with Crippen molar-refractivity contribution < 1.29 is 18.3 Å². The number of aliphatic carboxylic acids is 1. The summed E-state index contributed by atoms with van der Waals surface area (Å²) in [7, 11) is -3.70. The van der Waals surface area contributed by atoms with Crippen LogP contribution in [0.3, 0.4) is 0 Å². The molecule has 5 nitrogen and oxygen atoms in total. The van der Waals surface area contributed by atoms with Gasteiger partial charge in [-0.05, 0) is 54.5 Å². The van der Waals surface area contributed by atoms with E-state index in [1.165, 1.54) is 12.1 Å². The zero-order chi connectivity index (χ0) is 18.4. The van der Waals surface area contributed by atoms with Crippen molar-refractivity contribution in [3.8, 4) is 0 Å². The summed E-state index contributed by atoms with van der Waals surface area (Å²) < 4.78 is 27.9. The van der Waals surface area contributed by atoms with Crippen molar-refractivity contribution in [3.63, 3.8) is 0 Å². The molecule has 0 aromatic heterocycles. The second-order valence-corrected chi connectivity index (χ2v) is 7.70. The number of aryl methyl sites for hydroxylation is 1. The van der Waals surface area contributed by atoms with Gasteiger partial charge in [0, 0.05) is 5.97 Å². The lowest BCUT2D eigenvalue weighted by molar-refractivity contribution is -0.305. The molecule has 0 aliphatic rings. The van der Waals surface area contributed by atoms with Crippen LogP contribution in [0.4, 0.5) is 5.69 Å². The second kappa shape index (κ2) is 8.16. The number of carboxylic acids is 1. The number of rotatable bonds is 8. The number of nitrogens with one attached hydrogen (secondary N) is 1. The molecule has 0 unspecified atom stereocenters. The highest BCUT2D eigenvalue weighted by atomic mass is 32.2. The molecule has 0 bridgehead atoms. The maximum Gasteiger partial charge on any atom is 0.261 e. The predicted molar refractivity (Wildman–Crippen MR) is 95.7 cm³/mol. The number of carboxylic acid groups (broad SMARTS) is 1. The van der Waals surface area contributed by atoms with Gasteiger partial charge in [0.15, 0.2) is 0 Å². The fourth-order valence-corrected chi connectivity index (χ4v) is 3.61. The van der Waals surface area contributed by atoms with Crippen LogP contribution in [-0.2, 0) is 21.2 Å². The highest BCUT2D eigenvalue weighted by molar-refractivity contribution is 7.92. The Morgan fingerprint density at radius 1 is 1.12 bits per heavy atom. The van der Waals surface area contributed by atoms with Crippen molar-refractivity contribution in [3.05, 3.63) is 59.7 Å². The van der Waals surface area contributed by atoms with Gasteiger partial charge in [0.05, 0.1) is 10.6 Å². The van der Waals surface area contributed by atoms with Crippen LogP contribution >= 0.6 is 0 Å². The lowest BCUT2D eigenvalue weighted by Crippen LogP contribution is -2.22. The molecule has 1 N–H and O–H groups in total. The lowest BCUT2D eigenvalue weighted by Gasteiger charge is -2.16. The number of sulfonamides is 1. The zero-order valence-corrected chi connectivity index (χ0v) is 15.2. The molecule has 2 rings (SSSR count). The molecule has 0 saturated carbocycles. The largest absolute Gasteiger partial charge is 0.550 e. The van der Waals surface area contributed by atoms with Gasteiger partial charge in [-0.3, -0.25) is 4.72 Å². The van der Waals surface area contributed by atoms with Gasteiger partial charge in [-0.25, -0.2) is 8.42 Å². The topological polar surface area (TPSA) is 86.3 Å². The minimum Gasteiger partial charge on any atom is -0.550 e. The quantitative estimate of drug-likeness (QED) is 0.784. The second-order valence-electron chi connectivity index (χ2n) is 6.02. The molecule has 0 amide bonds. The standard InChI is InChI=1S/C19H23NO4S/c1-3-14(2)17-6-4-5-7-18(17)20-25(23,24)16-11-8-15(9-12-16)10-13-19(21)22/h4-9,11-12,14,20H,3,10,13H2,1-2H3,(H,21,22)/p-1/t14-/m1/s1. The van der Waals surface area contributed by atoms with Gasteiger partial charge in [-0.2, -0.15) is 0 Å². The maximum absolute atomic E-state index is 12.6. The molecule has 0 heterocycles. The Kier molecular flexibility index (Phi) is 6.20. The number of para-hydroxylation sites is 1. The van der Waals surface area contributed by atoms with Crippen molar-refractivity contribution >= 4 is 21.7 Å². The summed E-state index contributed by atoms with van der Waals surface area (Å²) in [6, 6.07) is 13.6. The Hall–Kier alpha value is -2.34. The van der Waals surface area contributed by atoms with E-state index in [2.05, 4.69) is 18.6 Å². The number of carbonyl (C=O) groups excluding carboxylic acids is 1. The van der Waals surface area contributed by atoms with Crippen LogP contribution in [0.1, 0.15) is 43.7 Å². The average Bonchev–Trinajstić information content (AvgIpc) is 2.60. The van der Waals surface area contributed by atoms with E-state index < -0.39 is 16.0 Å². The van der Waals surface area contributed by atoms with E-state index >= 15 is 0 Å². The lowest BCUT2D eigenvalue weighted by atomic mass is 9.97. The molecule has 0 aliphatic heterocycles. The molecule has 2 aromatic rings. The number of benzene rings is 2. The van der Waals surface area contributed by atoms with E-state index in [9.17, 15) is 18.3 Å². The first-order chi connectivity index (χ1) is 11.8. The smallest absolute Gasteiger partial charge is 0.261 e. The zero-order valence-electron chi connectivity index (χ0n) is 14.4. The third-order valence-electron chi connectivity index (χ3n) is 4.20. The molecule has 1 atom stereocenters. The summed E-state index contributed by atoms with van der Waals surface area (Å²) in [5, 5.41) is 10.5. The van der Waals surface area contributed by atoms with Crippen molar-refractivity contribution in [1.29, 1.82) is 0 Å². The Balaban J connectivity index is 2.21. The highest BCUT2D eigenvalue weighted by Crippen LogP contribution is 2.28. The molecule has 0 spiro atoms. The van der Waals surface area contributed by atoms with Crippen molar-refractivity contribution in [2.45, 2.75) is 43.9 Å². The molecule has 0 fully saturated rings. The first-order valence-electron chi connectivity index (χ1n) is 8.24. The normalized spacial score (nSPS) is 12.6. The third kappa shape index (κ3) is 5.06. The molecule has 0 radical (unpaired) electrons. The van der Waals surface area contributed by atoms with E-state index in [-0.39, 0.29) is 17.2 Å². The molecule has 25 heavy (non-hydrogen) atoms. The molecule has 0 saturated heterocycles. The summed E-state index contributed by atoms with van der Waals surface area (Å²) in [4.78, 5) is 10.6. The van der Waals surface area contributed by atoms with Crippen LogP contribution in [0.25, 0.3) is 0 Å². The van der Waals surface area contributed by atoms with Gasteiger partial charge >= 0.3 is 0 Å². The van der Waals surface area contributed by atoms with Crippen molar-refractivity contribution in [1.82, 2.24) is 0 Å². The van der Waals surface area contributed by atoms with E-state index in [4.69, 9.17) is 0 Å². The highest BCUT2D eigenvalue weighted by Gasteiger charge is 2.17. The minimum atomic E-state index is -3.70.